The zero-order valence-electron chi connectivity index (χ0n) is 11.1. The molecule has 4 atom stereocenters. The molecule has 0 radical (unpaired) electrons. The molecular weight excluding hydrogens is 212 g/mol. The van der Waals surface area contributed by atoms with Crippen molar-refractivity contribution in [1.82, 2.24) is 10.6 Å². The van der Waals surface area contributed by atoms with Crippen molar-refractivity contribution < 1.29 is 5.11 Å². The van der Waals surface area contributed by atoms with Gasteiger partial charge in [-0.15, -0.1) is 0 Å². The maximum absolute atomic E-state index is 9.33. The van der Waals surface area contributed by atoms with Crippen LogP contribution in [0.4, 0.5) is 0 Å². The molecule has 3 N–H and O–H groups in total. The first-order chi connectivity index (χ1) is 8.35. The van der Waals surface area contributed by atoms with Gasteiger partial charge in [0.2, 0.25) is 0 Å². The van der Waals surface area contributed by atoms with Crippen molar-refractivity contribution >= 4 is 0 Å². The van der Waals surface area contributed by atoms with Crippen LogP contribution in [0.2, 0.25) is 0 Å². The van der Waals surface area contributed by atoms with Crippen LogP contribution in [0, 0.1) is 5.92 Å². The van der Waals surface area contributed by atoms with E-state index in [0.29, 0.717) is 12.1 Å². The molecule has 3 nitrogen and oxygen atoms in total. The molecular formula is C14H28N2O. The van der Waals surface area contributed by atoms with Crippen molar-refractivity contribution in [2.45, 2.75) is 70.0 Å². The van der Waals surface area contributed by atoms with Crippen LogP contribution in [0.5, 0.6) is 0 Å². The Kier molecular flexibility index (Phi) is 5.26. The summed E-state index contributed by atoms with van der Waals surface area (Å²) in [6.45, 7) is 3.63. The highest BCUT2D eigenvalue weighted by atomic mass is 16.3. The van der Waals surface area contributed by atoms with Crippen LogP contribution in [0.15, 0.2) is 0 Å². The summed E-state index contributed by atoms with van der Waals surface area (Å²) >= 11 is 0. The zero-order chi connectivity index (χ0) is 12.1. The van der Waals surface area contributed by atoms with Gasteiger partial charge in [0.25, 0.3) is 0 Å². The van der Waals surface area contributed by atoms with Crippen LogP contribution in [0.1, 0.15) is 51.9 Å². The maximum atomic E-state index is 9.33. The quantitative estimate of drug-likeness (QED) is 0.685. The minimum Gasteiger partial charge on any atom is -0.395 e. The Morgan fingerprint density at radius 2 is 2.06 bits per heavy atom. The molecule has 0 amide bonds. The molecule has 17 heavy (non-hydrogen) atoms. The molecule has 1 saturated heterocycles. The summed E-state index contributed by atoms with van der Waals surface area (Å²) in [4.78, 5) is 0. The van der Waals surface area contributed by atoms with E-state index in [9.17, 15) is 5.11 Å². The Labute approximate surface area is 105 Å². The molecule has 1 aliphatic heterocycles. The van der Waals surface area contributed by atoms with Gasteiger partial charge in [-0.05, 0) is 44.6 Å². The average Bonchev–Trinajstić information content (AvgIpc) is 2.90. The van der Waals surface area contributed by atoms with E-state index >= 15 is 0 Å². The van der Waals surface area contributed by atoms with Crippen LogP contribution >= 0.6 is 0 Å². The SMILES string of the molecule is CCC(CO)NC1CCCCC1C1CCCN1. The van der Waals surface area contributed by atoms with E-state index in [4.69, 9.17) is 0 Å². The summed E-state index contributed by atoms with van der Waals surface area (Å²) in [6, 6.07) is 1.64. The second kappa shape index (κ2) is 6.72. The van der Waals surface area contributed by atoms with Gasteiger partial charge in [0.05, 0.1) is 6.61 Å². The molecule has 1 aliphatic carbocycles. The first-order valence-corrected chi connectivity index (χ1v) is 7.45. The fourth-order valence-corrected chi connectivity index (χ4v) is 3.53. The highest BCUT2D eigenvalue weighted by molar-refractivity contribution is 4.92. The summed E-state index contributed by atoms with van der Waals surface area (Å²) < 4.78 is 0. The molecule has 0 aromatic carbocycles. The molecule has 0 bridgehead atoms. The molecule has 4 unspecified atom stereocenters. The Balaban J connectivity index is 1.91. The van der Waals surface area contributed by atoms with E-state index in [-0.39, 0.29) is 6.61 Å². The summed E-state index contributed by atoms with van der Waals surface area (Å²) in [5, 5.41) is 16.7. The number of hydrogen-bond donors (Lipinski definition) is 3. The number of hydrogen-bond acceptors (Lipinski definition) is 3. The third-order valence-electron chi connectivity index (χ3n) is 4.60. The van der Waals surface area contributed by atoms with Crippen LogP contribution in [0.3, 0.4) is 0 Å². The lowest BCUT2D eigenvalue weighted by atomic mass is 9.79. The van der Waals surface area contributed by atoms with Crippen molar-refractivity contribution in [3.05, 3.63) is 0 Å². The van der Waals surface area contributed by atoms with Crippen molar-refractivity contribution in [2.24, 2.45) is 5.92 Å². The smallest absolute Gasteiger partial charge is 0.0584 e. The third-order valence-corrected chi connectivity index (χ3v) is 4.60. The molecule has 2 fully saturated rings. The first kappa shape index (κ1) is 13.3. The lowest BCUT2D eigenvalue weighted by molar-refractivity contribution is 0.166. The second-order valence-electron chi connectivity index (χ2n) is 5.71. The topological polar surface area (TPSA) is 44.3 Å². The van der Waals surface area contributed by atoms with Gasteiger partial charge in [-0.3, -0.25) is 0 Å². The molecule has 1 heterocycles. The van der Waals surface area contributed by atoms with Crippen molar-refractivity contribution in [3.8, 4) is 0 Å². The van der Waals surface area contributed by atoms with Crippen LogP contribution in [-0.2, 0) is 0 Å². The lowest BCUT2D eigenvalue weighted by Crippen LogP contribution is -2.50. The van der Waals surface area contributed by atoms with E-state index in [1.54, 1.807) is 0 Å². The summed E-state index contributed by atoms with van der Waals surface area (Å²) in [7, 11) is 0. The number of nitrogens with one attached hydrogen (secondary N) is 2. The highest BCUT2D eigenvalue weighted by Crippen LogP contribution is 2.30. The standard InChI is InChI=1S/C14H28N2O/c1-2-11(10-17)16-14-7-4-3-6-12(14)13-8-5-9-15-13/h11-17H,2-10H2,1H3. The predicted molar refractivity (Wildman–Crippen MR) is 71.1 cm³/mol. The molecule has 3 heteroatoms. The molecule has 100 valence electrons. The van der Waals surface area contributed by atoms with Crippen LogP contribution < -0.4 is 10.6 Å². The van der Waals surface area contributed by atoms with Gasteiger partial charge in [-0.2, -0.15) is 0 Å². The maximum Gasteiger partial charge on any atom is 0.0584 e. The molecule has 1 saturated carbocycles. The third kappa shape index (κ3) is 3.43. The summed E-state index contributed by atoms with van der Waals surface area (Å²) in [6.07, 6.45) is 9.10. The zero-order valence-corrected chi connectivity index (χ0v) is 11.1. The minimum atomic E-state index is 0.276. The molecule has 0 aromatic heterocycles. The van der Waals surface area contributed by atoms with Gasteiger partial charge in [0, 0.05) is 18.1 Å². The van der Waals surface area contributed by atoms with Gasteiger partial charge in [-0.1, -0.05) is 19.8 Å². The average molecular weight is 240 g/mol. The minimum absolute atomic E-state index is 0.276. The second-order valence-corrected chi connectivity index (χ2v) is 5.71. The predicted octanol–water partition coefficient (Wildman–Crippen LogP) is 1.66. The van der Waals surface area contributed by atoms with Crippen LogP contribution in [-0.4, -0.2) is 36.4 Å². The number of aliphatic hydroxyl groups excluding tert-OH is 1. The van der Waals surface area contributed by atoms with Crippen molar-refractivity contribution in [2.75, 3.05) is 13.2 Å². The fraction of sp³-hybridized carbons (Fsp3) is 1.00. The van der Waals surface area contributed by atoms with E-state index in [1.807, 2.05) is 0 Å². The highest BCUT2D eigenvalue weighted by Gasteiger charge is 2.33. The van der Waals surface area contributed by atoms with Gasteiger partial charge < -0.3 is 15.7 Å². The largest absolute Gasteiger partial charge is 0.395 e. The molecule has 0 spiro atoms. The van der Waals surface area contributed by atoms with E-state index in [1.165, 1.54) is 45.1 Å². The fourth-order valence-electron chi connectivity index (χ4n) is 3.53. The first-order valence-electron chi connectivity index (χ1n) is 7.45. The van der Waals surface area contributed by atoms with E-state index < -0.39 is 0 Å². The summed E-state index contributed by atoms with van der Waals surface area (Å²) in [5.74, 6) is 0.784. The number of aliphatic hydroxyl groups is 1. The Bertz CT molecular complexity index is 212. The normalized spacial score (nSPS) is 36.0. The molecule has 2 rings (SSSR count). The molecule has 2 aliphatic rings. The van der Waals surface area contributed by atoms with E-state index in [0.717, 1.165) is 18.4 Å². The Morgan fingerprint density at radius 1 is 1.24 bits per heavy atom. The van der Waals surface area contributed by atoms with Gasteiger partial charge in [-0.25, -0.2) is 0 Å². The van der Waals surface area contributed by atoms with Gasteiger partial charge in [0.1, 0.15) is 0 Å². The van der Waals surface area contributed by atoms with Crippen molar-refractivity contribution in [1.29, 1.82) is 0 Å². The summed E-state index contributed by atoms with van der Waals surface area (Å²) in [5.41, 5.74) is 0. The Hall–Kier alpha value is -0.120. The van der Waals surface area contributed by atoms with Crippen LogP contribution in [0.25, 0.3) is 0 Å². The van der Waals surface area contributed by atoms with E-state index in [2.05, 4.69) is 17.6 Å². The van der Waals surface area contributed by atoms with Gasteiger partial charge >= 0.3 is 0 Å². The Morgan fingerprint density at radius 3 is 2.71 bits per heavy atom. The van der Waals surface area contributed by atoms with Gasteiger partial charge in [0.15, 0.2) is 0 Å². The lowest BCUT2D eigenvalue weighted by Gasteiger charge is -2.38. The number of rotatable bonds is 5. The monoisotopic (exact) mass is 240 g/mol. The molecule has 0 aromatic rings. The van der Waals surface area contributed by atoms with Crippen molar-refractivity contribution in [3.63, 3.8) is 0 Å².